The van der Waals surface area contributed by atoms with Gasteiger partial charge in [0.25, 0.3) is 0 Å². The molecule has 0 amide bonds. The molecular formula is C16H36OZr. The molecule has 0 saturated heterocycles. The molecule has 0 N–H and O–H groups in total. The van der Waals surface area contributed by atoms with E-state index in [0.717, 1.165) is 0 Å². The summed E-state index contributed by atoms with van der Waals surface area (Å²) in [5.41, 5.74) is 0. The van der Waals surface area contributed by atoms with E-state index in [0.29, 0.717) is 0 Å². The van der Waals surface area contributed by atoms with Gasteiger partial charge in [-0.25, -0.2) is 0 Å². The van der Waals surface area contributed by atoms with Gasteiger partial charge in [0.05, 0.1) is 0 Å². The molecule has 0 aromatic carbocycles. The van der Waals surface area contributed by atoms with Gasteiger partial charge < -0.3 is 0 Å². The Labute approximate surface area is 117 Å². The van der Waals surface area contributed by atoms with Gasteiger partial charge in [-0.1, -0.05) is 0 Å². The maximum absolute atomic E-state index is 15.0. The first-order valence-electron chi connectivity index (χ1n) is 7.20. The second-order valence-electron chi connectivity index (χ2n) is 10.2. The molecule has 0 aliphatic heterocycles. The van der Waals surface area contributed by atoms with Crippen LogP contribution in [0.2, 0.25) is 12.5 Å². The molecule has 18 heavy (non-hydrogen) atoms. The summed E-state index contributed by atoms with van der Waals surface area (Å²) in [5, 5.41) is 0. The maximum atomic E-state index is 15.0. The van der Waals surface area contributed by atoms with Crippen LogP contribution in [-0.4, -0.2) is 0 Å². The van der Waals surface area contributed by atoms with Gasteiger partial charge in [0.1, 0.15) is 0 Å². The topological polar surface area (TPSA) is 17.1 Å². The van der Waals surface area contributed by atoms with Crippen LogP contribution in [0.25, 0.3) is 0 Å². The van der Waals surface area contributed by atoms with Crippen LogP contribution in [0.3, 0.4) is 0 Å². The minimum absolute atomic E-state index is 0.143. The molecule has 0 bridgehead atoms. The first kappa shape index (κ1) is 18.7. The second kappa shape index (κ2) is 4.09. The van der Waals surface area contributed by atoms with E-state index in [2.05, 4.69) is 83.1 Å². The van der Waals surface area contributed by atoms with Crippen LogP contribution >= 0.6 is 0 Å². The standard InChI is InChI=1S/4C4H9.O.Zr/c4*1-4(2)3;;/h4*1-3H3;;. The molecule has 0 radical (unpaired) electrons. The van der Waals surface area contributed by atoms with Crippen LogP contribution in [0.15, 0.2) is 0 Å². The summed E-state index contributed by atoms with van der Waals surface area (Å²) < 4.78 is 14.4. The Morgan fingerprint density at radius 2 is 0.556 bits per heavy atom. The molecular weight excluding hydrogens is 299 g/mol. The van der Waals surface area contributed by atoms with Crippen molar-refractivity contribution in [3.8, 4) is 0 Å². The number of hydrogen-bond donors (Lipinski definition) is 0. The van der Waals surface area contributed by atoms with E-state index in [1.54, 1.807) is 0 Å². The van der Waals surface area contributed by atoms with E-state index < -0.39 is 18.8 Å². The molecule has 110 valence electrons. The van der Waals surface area contributed by atoms with Crippen LogP contribution in [0, 0.1) is 0 Å². The monoisotopic (exact) mass is 334 g/mol. The summed E-state index contributed by atoms with van der Waals surface area (Å²) in [5.74, 6) is 0. The van der Waals surface area contributed by atoms with Gasteiger partial charge in [-0.2, -0.15) is 0 Å². The minimum atomic E-state index is -4.49. The Kier molecular flexibility index (Phi) is 4.25. The number of hydrogen-bond acceptors (Lipinski definition) is 1. The van der Waals surface area contributed by atoms with Crippen molar-refractivity contribution in [3.63, 3.8) is 0 Å². The molecule has 0 spiro atoms. The zero-order valence-electron chi connectivity index (χ0n) is 14.9. The quantitative estimate of drug-likeness (QED) is 0.470. The van der Waals surface area contributed by atoms with Gasteiger partial charge in [-0.15, -0.1) is 0 Å². The molecule has 0 rings (SSSR count). The molecule has 0 atom stereocenters. The van der Waals surface area contributed by atoms with E-state index in [-0.39, 0.29) is 12.5 Å². The van der Waals surface area contributed by atoms with Crippen molar-refractivity contribution in [2.24, 2.45) is 0 Å². The predicted octanol–water partition coefficient (Wildman–Crippen LogP) is 6.90. The third-order valence-corrected chi connectivity index (χ3v) is 33.9. The Bertz CT molecular complexity index is 298. The summed E-state index contributed by atoms with van der Waals surface area (Å²) in [4.78, 5) is 0. The SMILES string of the molecule is C[C](C)(C)[Zr](=[O])([C](C)(C)C)([C](C)(C)C)[C](C)(C)C. The summed E-state index contributed by atoms with van der Waals surface area (Å²) in [7, 11) is 0. The van der Waals surface area contributed by atoms with Crippen LogP contribution in [0.1, 0.15) is 83.1 Å². The normalized spacial score (nSPS) is 16.9. The third-order valence-electron chi connectivity index (χ3n) is 5.72. The summed E-state index contributed by atoms with van der Waals surface area (Å²) in [6.45, 7) is 26.4. The van der Waals surface area contributed by atoms with E-state index in [9.17, 15) is 2.81 Å². The Morgan fingerprint density at radius 3 is 0.556 bits per heavy atom. The molecule has 0 unspecified atom stereocenters. The van der Waals surface area contributed by atoms with Crippen molar-refractivity contribution in [2.45, 2.75) is 95.6 Å². The van der Waals surface area contributed by atoms with E-state index in [1.165, 1.54) is 0 Å². The van der Waals surface area contributed by atoms with E-state index >= 15 is 0 Å². The van der Waals surface area contributed by atoms with Gasteiger partial charge in [-0.05, 0) is 0 Å². The van der Waals surface area contributed by atoms with Crippen LogP contribution < -0.4 is 0 Å². The zero-order valence-corrected chi connectivity index (χ0v) is 17.4. The van der Waals surface area contributed by atoms with Crippen LogP contribution in [-0.2, 0) is 21.6 Å². The molecule has 1 nitrogen and oxygen atoms in total. The molecule has 0 saturated carbocycles. The zero-order chi connectivity index (χ0) is 15.4. The van der Waals surface area contributed by atoms with E-state index in [1.807, 2.05) is 0 Å². The molecule has 0 aliphatic rings. The van der Waals surface area contributed by atoms with Crippen molar-refractivity contribution in [2.75, 3.05) is 0 Å². The van der Waals surface area contributed by atoms with Gasteiger partial charge in [0, 0.05) is 0 Å². The number of rotatable bonds is 0. The molecule has 0 heterocycles. The van der Waals surface area contributed by atoms with Crippen molar-refractivity contribution in [1.29, 1.82) is 0 Å². The van der Waals surface area contributed by atoms with Gasteiger partial charge in [-0.3, -0.25) is 0 Å². The second-order valence-corrected chi connectivity index (χ2v) is 30.6. The fourth-order valence-electron chi connectivity index (χ4n) is 6.75. The molecule has 0 aliphatic carbocycles. The first-order chi connectivity index (χ1) is 7.34. The Hall–Kier alpha value is 0.683. The molecule has 0 fully saturated rings. The van der Waals surface area contributed by atoms with Gasteiger partial charge >= 0.3 is 117 Å². The average molecular weight is 336 g/mol. The van der Waals surface area contributed by atoms with Gasteiger partial charge in [0.15, 0.2) is 0 Å². The Balaban J connectivity index is 7.03. The average Bonchev–Trinajstić information content (AvgIpc) is 1.92. The molecule has 0 aromatic rings. The van der Waals surface area contributed by atoms with Crippen molar-refractivity contribution in [3.05, 3.63) is 0 Å². The Morgan fingerprint density at radius 1 is 0.444 bits per heavy atom. The van der Waals surface area contributed by atoms with E-state index in [4.69, 9.17) is 0 Å². The predicted molar refractivity (Wildman–Crippen MR) is 79.5 cm³/mol. The molecule has 0 aromatic heterocycles. The molecule has 2 heteroatoms. The summed E-state index contributed by atoms with van der Waals surface area (Å²) >= 11 is -4.49. The third kappa shape index (κ3) is 1.73. The fourth-order valence-corrected chi connectivity index (χ4v) is 39.9. The first-order valence-corrected chi connectivity index (χ1v) is 13.1. The van der Waals surface area contributed by atoms with Crippen molar-refractivity contribution >= 4 is 0 Å². The van der Waals surface area contributed by atoms with Crippen LogP contribution in [0.5, 0.6) is 0 Å². The van der Waals surface area contributed by atoms with Crippen molar-refractivity contribution in [1.82, 2.24) is 0 Å². The summed E-state index contributed by atoms with van der Waals surface area (Å²) in [6, 6.07) is 0. The van der Waals surface area contributed by atoms with Crippen molar-refractivity contribution < 1.29 is 21.6 Å². The van der Waals surface area contributed by atoms with Gasteiger partial charge in [0.2, 0.25) is 0 Å². The fraction of sp³-hybridized carbons (Fsp3) is 1.00. The van der Waals surface area contributed by atoms with Crippen LogP contribution in [0.4, 0.5) is 0 Å². The summed E-state index contributed by atoms with van der Waals surface area (Å²) in [6.07, 6.45) is 0.